The zero-order valence-corrected chi connectivity index (χ0v) is 10.8. The molecule has 0 spiro atoms. The van der Waals surface area contributed by atoms with Gasteiger partial charge < -0.3 is 16.0 Å². The van der Waals surface area contributed by atoms with Gasteiger partial charge in [-0.3, -0.25) is 4.79 Å². The van der Waals surface area contributed by atoms with Crippen LogP contribution in [-0.4, -0.2) is 32.1 Å². The molecule has 0 heterocycles. The number of carbonyl (C=O) groups excluding carboxylic acids is 1. The number of nitrogens with one attached hydrogen (secondary N) is 1. The van der Waals surface area contributed by atoms with Gasteiger partial charge in [0, 0.05) is 19.3 Å². The molecule has 0 bridgehead atoms. The Morgan fingerprint density at radius 3 is 2.56 bits per heavy atom. The number of carbonyl (C=O) groups is 1. The van der Waals surface area contributed by atoms with Crippen LogP contribution in [0.15, 0.2) is 24.3 Å². The van der Waals surface area contributed by atoms with Crippen LogP contribution in [0, 0.1) is 5.82 Å². The van der Waals surface area contributed by atoms with Crippen LogP contribution in [0.1, 0.15) is 13.3 Å². The molecule has 0 aliphatic carbocycles. The van der Waals surface area contributed by atoms with Crippen LogP contribution in [0.5, 0.6) is 0 Å². The molecule has 18 heavy (non-hydrogen) atoms. The van der Waals surface area contributed by atoms with Crippen molar-refractivity contribution < 1.29 is 9.18 Å². The third kappa shape index (κ3) is 3.70. The van der Waals surface area contributed by atoms with Crippen LogP contribution < -0.4 is 16.0 Å². The molecule has 0 saturated carbocycles. The van der Waals surface area contributed by atoms with E-state index in [2.05, 4.69) is 5.32 Å². The van der Waals surface area contributed by atoms with Gasteiger partial charge in [0.15, 0.2) is 0 Å². The maximum Gasteiger partial charge on any atom is 0.242 e. The van der Waals surface area contributed by atoms with E-state index in [-0.39, 0.29) is 17.8 Å². The number of nitrogens with zero attached hydrogens (tertiary/aromatic N) is 1. The van der Waals surface area contributed by atoms with Crippen molar-refractivity contribution in [1.82, 2.24) is 5.32 Å². The first-order valence-corrected chi connectivity index (χ1v) is 6.04. The number of anilines is 1. The number of nitrogens with two attached hydrogens (primary N) is 1. The highest BCUT2D eigenvalue weighted by molar-refractivity contribution is 5.84. The molecule has 1 aromatic carbocycles. The molecule has 1 aromatic rings. The van der Waals surface area contributed by atoms with Gasteiger partial charge in [-0.25, -0.2) is 4.39 Å². The minimum atomic E-state index is -0.313. The van der Waals surface area contributed by atoms with Crippen molar-refractivity contribution in [3.05, 3.63) is 30.1 Å². The van der Waals surface area contributed by atoms with Crippen molar-refractivity contribution in [1.29, 1.82) is 0 Å². The Kier molecular flexibility index (Phi) is 5.58. The van der Waals surface area contributed by atoms with Crippen molar-refractivity contribution in [3.8, 4) is 0 Å². The van der Waals surface area contributed by atoms with Gasteiger partial charge in [-0.05, 0) is 44.2 Å². The van der Waals surface area contributed by atoms with Crippen LogP contribution in [0.2, 0.25) is 0 Å². The van der Waals surface area contributed by atoms with E-state index in [1.165, 1.54) is 12.1 Å². The third-order valence-corrected chi connectivity index (χ3v) is 2.85. The standard InChI is InChI=1S/C13H20FN3O/c1-10(13(18)16-2)17(9-3-8-15)12-6-4-11(14)5-7-12/h4-7,10H,3,8-9,15H2,1-2H3,(H,16,18). The summed E-state index contributed by atoms with van der Waals surface area (Å²) >= 11 is 0. The van der Waals surface area contributed by atoms with E-state index in [9.17, 15) is 9.18 Å². The zero-order valence-electron chi connectivity index (χ0n) is 10.8. The number of likely N-dealkylation sites (N-methyl/N-ethyl adjacent to an activating group) is 1. The highest BCUT2D eigenvalue weighted by atomic mass is 19.1. The molecule has 0 fully saturated rings. The van der Waals surface area contributed by atoms with Crippen molar-refractivity contribution in [2.75, 3.05) is 25.0 Å². The highest BCUT2D eigenvalue weighted by Crippen LogP contribution is 2.18. The van der Waals surface area contributed by atoms with E-state index in [1.54, 1.807) is 19.2 Å². The molecular weight excluding hydrogens is 233 g/mol. The number of benzene rings is 1. The lowest BCUT2D eigenvalue weighted by molar-refractivity contribution is -0.121. The average Bonchev–Trinajstić information content (AvgIpc) is 2.39. The van der Waals surface area contributed by atoms with Crippen LogP contribution in [0.25, 0.3) is 0 Å². The smallest absolute Gasteiger partial charge is 0.242 e. The van der Waals surface area contributed by atoms with Crippen molar-refractivity contribution in [2.45, 2.75) is 19.4 Å². The minimum absolute atomic E-state index is 0.0728. The average molecular weight is 253 g/mol. The SMILES string of the molecule is CNC(=O)C(C)N(CCCN)c1ccc(F)cc1. The van der Waals surface area contributed by atoms with Crippen LogP contribution in [0.3, 0.4) is 0 Å². The van der Waals surface area contributed by atoms with Crippen LogP contribution >= 0.6 is 0 Å². The number of amides is 1. The second-order valence-electron chi connectivity index (χ2n) is 4.10. The molecular formula is C13H20FN3O. The van der Waals surface area contributed by atoms with Gasteiger partial charge in [0.05, 0.1) is 0 Å². The summed E-state index contributed by atoms with van der Waals surface area (Å²) in [5.41, 5.74) is 6.32. The molecule has 0 saturated heterocycles. The number of rotatable bonds is 6. The first-order chi connectivity index (χ1) is 8.60. The Labute approximate surface area is 107 Å². The predicted octanol–water partition coefficient (Wildman–Crippen LogP) is 1.12. The number of halogens is 1. The molecule has 3 N–H and O–H groups in total. The monoisotopic (exact) mass is 253 g/mol. The Morgan fingerprint density at radius 1 is 1.44 bits per heavy atom. The zero-order chi connectivity index (χ0) is 13.5. The molecule has 0 aliphatic heterocycles. The fourth-order valence-corrected chi connectivity index (χ4v) is 1.79. The van der Waals surface area contributed by atoms with Gasteiger partial charge in [0.2, 0.25) is 5.91 Å². The van der Waals surface area contributed by atoms with Gasteiger partial charge in [-0.15, -0.1) is 0 Å². The second kappa shape index (κ2) is 6.96. The van der Waals surface area contributed by atoms with Crippen molar-refractivity contribution in [3.63, 3.8) is 0 Å². The molecule has 1 amide bonds. The number of hydrogen-bond acceptors (Lipinski definition) is 3. The van der Waals surface area contributed by atoms with Crippen LogP contribution in [0.4, 0.5) is 10.1 Å². The van der Waals surface area contributed by atoms with E-state index in [1.807, 2.05) is 11.8 Å². The molecule has 100 valence electrons. The van der Waals surface area contributed by atoms with E-state index in [4.69, 9.17) is 5.73 Å². The summed E-state index contributed by atoms with van der Waals surface area (Å²) in [5, 5.41) is 2.62. The Morgan fingerprint density at radius 2 is 2.06 bits per heavy atom. The van der Waals surface area contributed by atoms with E-state index in [0.29, 0.717) is 13.1 Å². The number of hydrogen-bond donors (Lipinski definition) is 2. The Hall–Kier alpha value is -1.62. The molecule has 4 nitrogen and oxygen atoms in total. The quantitative estimate of drug-likeness (QED) is 0.798. The van der Waals surface area contributed by atoms with Gasteiger partial charge in [-0.1, -0.05) is 0 Å². The molecule has 5 heteroatoms. The lowest BCUT2D eigenvalue weighted by Gasteiger charge is -2.30. The molecule has 0 radical (unpaired) electrons. The first kappa shape index (κ1) is 14.4. The Bertz CT molecular complexity index is 380. The third-order valence-electron chi connectivity index (χ3n) is 2.85. The lowest BCUT2D eigenvalue weighted by atomic mass is 10.2. The normalized spacial score (nSPS) is 12.0. The lowest BCUT2D eigenvalue weighted by Crippen LogP contribution is -2.45. The summed E-state index contributed by atoms with van der Waals surface area (Å²) in [6.45, 7) is 3.04. The maximum atomic E-state index is 12.9. The van der Waals surface area contributed by atoms with E-state index >= 15 is 0 Å². The van der Waals surface area contributed by atoms with Crippen LogP contribution in [-0.2, 0) is 4.79 Å². The van der Waals surface area contributed by atoms with Gasteiger partial charge in [0.25, 0.3) is 0 Å². The fraction of sp³-hybridized carbons (Fsp3) is 0.462. The predicted molar refractivity (Wildman–Crippen MR) is 70.9 cm³/mol. The topological polar surface area (TPSA) is 58.4 Å². The Balaban J connectivity index is 2.89. The van der Waals surface area contributed by atoms with Gasteiger partial charge in [-0.2, -0.15) is 0 Å². The first-order valence-electron chi connectivity index (χ1n) is 6.04. The summed E-state index contributed by atoms with van der Waals surface area (Å²) in [5.74, 6) is -0.360. The van der Waals surface area contributed by atoms with Crippen molar-refractivity contribution >= 4 is 11.6 Å². The summed E-state index contributed by atoms with van der Waals surface area (Å²) in [7, 11) is 1.60. The summed E-state index contributed by atoms with van der Waals surface area (Å²) in [6, 6.07) is 5.81. The maximum absolute atomic E-state index is 12.9. The molecule has 1 rings (SSSR count). The van der Waals surface area contributed by atoms with E-state index in [0.717, 1.165) is 12.1 Å². The summed E-state index contributed by atoms with van der Waals surface area (Å²) < 4.78 is 12.9. The molecule has 1 unspecified atom stereocenters. The van der Waals surface area contributed by atoms with Crippen molar-refractivity contribution in [2.24, 2.45) is 5.73 Å². The van der Waals surface area contributed by atoms with Gasteiger partial charge >= 0.3 is 0 Å². The largest absolute Gasteiger partial charge is 0.360 e. The van der Waals surface area contributed by atoms with E-state index < -0.39 is 0 Å². The highest BCUT2D eigenvalue weighted by Gasteiger charge is 2.20. The minimum Gasteiger partial charge on any atom is -0.360 e. The second-order valence-corrected chi connectivity index (χ2v) is 4.10. The van der Waals surface area contributed by atoms with Gasteiger partial charge in [0.1, 0.15) is 11.9 Å². The summed E-state index contributed by atoms with van der Waals surface area (Å²) in [4.78, 5) is 13.6. The molecule has 1 atom stereocenters. The molecule has 0 aromatic heterocycles. The molecule has 0 aliphatic rings. The fourth-order valence-electron chi connectivity index (χ4n) is 1.79. The summed E-state index contributed by atoms with van der Waals surface area (Å²) in [6.07, 6.45) is 0.776.